The fourth-order valence-corrected chi connectivity index (χ4v) is 3.74. The Morgan fingerprint density at radius 3 is 2.43 bits per heavy atom. The smallest absolute Gasteiger partial charge is 0.133 e. The van der Waals surface area contributed by atoms with Crippen LogP contribution in [0.3, 0.4) is 0 Å². The average Bonchev–Trinajstić information content (AvgIpc) is 2.59. The molecule has 1 aliphatic heterocycles. The molecule has 1 atom stereocenters. The Bertz CT molecular complexity index is 490. The van der Waals surface area contributed by atoms with Crippen LogP contribution in [0.5, 0.6) is 11.5 Å². The van der Waals surface area contributed by atoms with Crippen LogP contribution in [-0.4, -0.2) is 45.3 Å². The summed E-state index contributed by atoms with van der Waals surface area (Å²) in [5.41, 5.74) is 1.24. The largest absolute Gasteiger partial charge is 0.496 e. The minimum absolute atomic E-state index is 0.389. The van der Waals surface area contributed by atoms with Gasteiger partial charge in [-0.15, -0.1) is 0 Å². The lowest BCUT2D eigenvalue weighted by Gasteiger charge is -2.36. The molecule has 1 N–H and O–H groups in total. The molecule has 0 unspecified atom stereocenters. The summed E-state index contributed by atoms with van der Waals surface area (Å²) in [5, 5.41) is 3.44. The molecule has 1 fully saturated rings. The molecule has 23 heavy (non-hydrogen) atoms. The second-order valence-corrected chi connectivity index (χ2v) is 6.88. The molecule has 0 spiro atoms. The van der Waals surface area contributed by atoms with E-state index >= 15 is 0 Å². The maximum absolute atomic E-state index is 5.68. The third-order valence-electron chi connectivity index (χ3n) is 4.54. The molecule has 130 valence electrons. The lowest BCUT2D eigenvalue weighted by Crippen LogP contribution is -2.45. The van der Waals surface area contributed by atoms with Gasteiger partial charge in [0, 0.05) is 37.8 Å². The fourth-order valence-electron chi connectivity index (χ4n) is 3.26. The summed E-state index contributed by atoms with van der Waals surface area (Å²) in [4.78, 5) is 2.58. The molecule has 0 bridgehead atoms. The molecule has 1 saturated heterocycles. The van der Waals surface area contributed by atoms with Gasteiger partial charge in [0.1, 0.15) is 11.5 Å². The average molecular weight is 385 g/mol. The van der Waals surface area contributed by atoms with Crippen molar-refractivity contribution in [1.29, 1.82) is 0 Å². The number of ether oxygens (including phenoxy) is 2. The van der Waals surface area contributed by atoms with Gasteiger partial charge < -0.3 is 14.8 Å². The minimum Gasteiger partial charge on any atom is -0.496 e. The number of hydrogen-bond donors (Lipinski definition) is 1. The van der Waals surface area contributed by atoms with E-state index in [1.807, 2.05) is 6.07 Å². The number of piperazine rings is 1. The number of halogens is 1. The summed E-state index contributed by atoms with van der Waals surface area (Å²) in [6.45, 7) is 6.53. The zero-order chi connectivity index (χ0) is 16.7. The van der Waals surface area contributed by atoms with Gasteiger partial charge in [-0.1, -0.05) is 26.2 Å². The molecule has 0 aliphatic carbocycles. The van der Waals surface area contributed by atoms with Crippen molar-refractivity contribution in [3.63, 3.8) is 0 Å². The van der Waals surface area contributed by atoms with E-state index in [2.05, 4.69) is 39.1 Å². The van der Waals surface area contributed by atoms with Crippen LogP contribution >= 0.6 is 15.9 Å². The van der Waals surface area contributed by atoms with Crippen molar-refractivity contribution in [1.82, 2.24) is 10.2 Å². The molecule has 2 rings (SSSR count). The number of rotatable bonds is 8. The predicted octanol–water partition coefficient (Wildman–Crippen LogP) is 3.99. The molecule has 1 aliphatic rings. The predicted molar refractivity (Wildman–Crippen MR) is 98.6 cm³/mol. The van der Waals surface area contributed by atoms with E-state index < -0.39 is 0 Å². The summed E-state index contributed by atoms with van der Waals surface area (Å²) in [7, 11) is 3.46. The summed E-state index contributed by atoms with van der Waals surface area (Å²) >= 11 is 3.56. The van der Waals surface area contributed by atoms with E-state index in [-0.39, 0.29) is 0 Å². The highest BCUT2D eigenvalue weighted by atomic mass is 79.9. The Hall–Kier alpha value is -0.780. The third-order valence-corrected chi connectivity index (χ3v) is 5.16. The first-order valence-corrected chi connectivity index (χ1v) is 9.36. The van der Waals surface area contributed by atoms with E-state index in [1.165, 1.54) is 24.8 Å². The standard InChI is InChI=1S/C18H29BrN2O2/c1-4-5-6-7-16(21-10-8-20-9-11-21)14-12-18(23-3)15(19)13-17(14)22-2/h12-13,16,20H,4-11H2,1-3H3/t16-/m1/s1. The zero-order valence-corrected chi connectivity index (χ0v) is 16.1. The van der Waals surface area contributed by atoms with E-state index in [0.717, 1.165) is 48.6 Å². The Kier molecular flexibility index (Phi) is 7.66. The Balaban J connectivity index is 2.31. The van der Waals surface area contributed by atoms with E-state index in [9.17, 15) is 0 Å². The lowest BCUT2D eigenvalue weighted by molar-refractivity contribution is 0.159. The van der Waals surface area contributed by atoms with Gasteiger partial charge in [0.2, 0.25) is 0 Å². The number of hydrogen-bond acceptors (Lipinski definition) is 4. The molecule has 0 radical (unpaired) electrons. The molecular weight excluding hydrogens is 356 g/mol. The van der Waals surface area contributed by atoms with E-state index in [4.69, 9.17) is 9.47 Å². The molecule has 4 nitrogen and oxygen atoms in total. The van der Waals surface area contributed by atoms with Crippen molar-refractivity contribution in [2.75, 3.05) is 40.4 Å². The maximum atomic E-state index is 5.68. The second-order valence-electron chi connectivity index (χ2n) is 6.03. The van der Waals surface area contributed by atoms with Crippen molar-refractivity contribution >= 4 is 15.9 Å². The first-order chi connectivity index (χ1) is 11.2. The molecule has 1 heterocycles. The molecule has 0 aromatic heterocycles. The van der Waals surface area contributed by atoms with Gasteiger partial charge in [0.25, 0.3) is 0 Å². The number of benzene rings is 1. The SMILES string of the molecule is CCCCC[C@H](c1cc(OC)c(Br)cc1OC)N1CCNCC1. The van der Waals surface area contributed by atoms with Gasteiger partial charge in [0.15, 0.2) is 0 Å². The van der Waals surface area contributed by atoms with Gasteiger partial charge in [-0.25, -0.2) is 0 Å². The molecule has 0 saturated carbocycles. The molecule has 5 heteroatoms. The van der Waals surface area contributed by atoms with Crippen molar-refractivity contribution in [3.8, 4) is 11.5 Å². The fraction of sp³-hybridized carbons (Fsp3) is 0.667. The van der Waals surface area contributed by atoms with Crippen LogP contribution in [0, 0.1) is 0 Å². The highest BCUT2D eigenvalue weighted by molar-refractivity contribution is 9.10. The van der Waals surface area contributed by atoms with Crippen LogP contribution in [0.2, 0.25) is 0 Å². The monoisotopic (exact) mass is 384 g/mol. The van der Waals surface area contributed by atoms with Gasteiger partial charge in [-0.2, -0.15) is 0 Å². The molecule has 1 aromatic carbocycles. The molecule has 0 amide bonds. The number of nitrogens with one attached hydrogen (secondary N) is 1. The lowest BCUT2D eigenvalue weighted by atomic mass is 9.97. The first kappa shape index (κ1) is 18.6. The summed E-state index contributed by atoms with van der Waals surface area (Å²) in [6, 6.07) is 4.56. The van der Waals surface area contributed by atoms with Crippen LogP contribution in [0.15, 0.2) is 16.6 Å². The number of nitrogens with zero attached hydrogens (tertiary/aromatic N) is 1. The summed E-state index contributed by atoms with van der Waals surface area (Å²) in [6.07, 6.45) is 4.93. The zero-order valence-electron chi connectivity index (χ0n) is 14.5. The topological polar surface area (TPSA) is 33.7 Å². The minimum atomic E-state index is 0.389. The first-order valence-electron chi connectivity index (χ1n) is 8.57. The number of methoxy groups -OCH3 is 2. The van der Waals surface area contributed by atoms with Crippen molar-refractivity contribution in [2.45, 2.75) is 38.6 Å². The van der Waals surface area contributed by atoms with Gasteiger partial charge >= 0.3 is 0 Å². The quantitative estimate of drug-likeness (QED) is 0.686. The van der Waals surface area contributed by atoms with Crippen LogP contribution in [0.4, 0.5) is 0 Å². The highest BCUT2D eigenvalue weighted by Crippen LogP contribution is 2.39. The Morgan fingerprint density at radius 1 is 1.13 bits per heavy atom. The van der Waals surface area contributed by atoms with Gasteiger partial charge in [0.05, 0.1) is 18.7 Å². The van der Waals surface area contributed by atoms with Crippen molar-refractivity contribution < 1.29 is 9.47 Å². The van der Waals surface area contributed by atoms with E-state index in [0.29, 0.717) is 6.04 Å². The van der Waals surface area contributed by atoms with Crippen LogP contribution in [0.1, 0.15) is 44.2 Å². The third kappa shape index (κ3) is 4.85. The van der Waals surface area contributed by atoms with Crippen molar-refractivity contribution in [3.05, 3.63) is 22.2 Å². The van der Waals surface area contributed by atoms with Crippen molar-refractivity contribution in [2.24, 2.45) is 0 Å². The summed E-state index contributed by atoms with van der Waals surface area (Å²) < 4.78 is 12.1. The highest BCUT2D eigenvalue weighted by Gasteiger charge is 2.25. The molecular formula is C18H29BrN2O2. The van der Waals surface area contributed by atoms with Gasteiger partial charge in [-0.05, 0) is 34.5 Å². The Labute approximate surface area is 148 Å². The van der Waals surface area contributed by atoms with Crippen LogP contribution in [-0.2, 0) is 0 Å². The van der Waals surface area contributed by atoms with Crippen LogP contribution < -0.4 is 14.8 Å². The van der Waals surface area contributed by atoms with E-state index in [1.54, 1.807) is 14.2 Å². The Morgan fingerprint density at radius 2 is 1.83 bits per heavy atom. The summed E-state index contributed by atoms with van der Waals surface area (Å²) in [5.74, 6) is 1.81. The maximum Gasteiger partial charge on any atom is 0.133 e. The second kappa shape index (κ2) is 9.50. The number of unbranched alkanes of at least 4 members (excludes halogenated alkanes) is 2. The van der Waals surface area contributed by atoms with Crippen LogP contribution in [0.25, 0.3) is 0 Å². The molecule has 1 aromatic rings. The normalized spacial score (nSPS) is 17.0. The van der Waals surface area contributed by atoms with Gasteiger partial charge in [-0.3, -0.25) is 4.90 Å².